The maximum atomic E-state index is 10.9. The second-order valence-electron chi connectivity index (χ2n) is 3.46. The highest BCUT2D eigenvalue weighted by Crippen LogP contribution is 2.20. The number of hydrogen-bond donors (Lipinski definition) is 1. The summed E-state index contributed by atoms with van der Waals surface area (Å²) in [6, 6.07) is 0. The minimum atomic E-state index is -0.905. The van der Waals surface area contributed by atoms with Crippen LogP contribution < -0.4 is 5.32 Å². The number of hydrogen-bond acceptors (Lipinski definition) is 5. The molecule has 1 fully saturated rings. The molecule has 2 unspecified atom stereocenters. The highest BCUT2D eigenvalue weighted by atomic mass is 35.5. The lowest BCUT2D eigenvalue weighted by Crippen LogP contribution is -2.08. The van der Waals surface area contributed by atoms with E-state index in [2.05, 4.69) is 15.5 Å². The van der Waals surface area contributed by atoms with E-state index >= 15 is 0 Å². The SMILES string of the molecule is CS(=O)Cc1noc(C2CCNC2)n1.Cl. The van der Waals surface area contributed by atoms with Gasteiger partial charge < -0.3 is 9.84 Å². The van der Waals surface area contributed by atoms with Gasteiger partial charge in [0.25, 0.3) is 0 Å². The molecule has 15 heavy (non-hydrogen) atoms. The molecule has 0 radical (unpaired) electrons. The van der Waals surface area contributed by atoms with Crippen molar-refractivity contribution < 1.29 is 8.73 Å². The summed E-state index contributed by atoms with van der Waals surface area (Å²) < 4.78 is 16.0. The van der Waals surface area contributed by atoms with E-state index in [1.54, 1.807) is 6.26 Å². The average Bonchev–Trinajstić information content (AvgIpc) is 2.69. The van der Waals surface area contributed by atoms with Crippen LogP contribution in [0.5, 0.6) is 0 Å². The average molecular weight is 252 g/mol. The Morgan fingerprint density at radius 2 is 2.47 bits per heavy atom. The van der Waals surface area contributed by atoms with Crippen LogP contribution in [0.25, 0.3) is 0 Å². The molecule has 0 amide bonds. The summed E-state index contributed by atoms with van der Waals surface area (Å²) in [7, 11) is -0.905. The Labute approximate surface area is 96.9 Å². The van der Waals surface area contributed by atoms with Gasteiger partial charge in [-0.05, 0) is 13.0 Å². The summed E-state index contributed by atoms with van der Waals surface area (Å²) in [6.07, 6.45) is 2.67. The Morgan fingerprint density at radius 3 is 3.07 bits per heavy atom. The van der Waals surface area contributed by atoms with Crippen molar-refractivity contribution in [2.75, 3.05) is 19.3 Å². The topological polar surface area (TPSA) is 68.0 Å². The zero-order valence-corrected chi connectivity index (χ0v) is 10.1. The van der Waals surface area contributed by atoms with E-state index < -0.39 is 10.8 Å². The molecular weight excluding hydrogens is 238 g/mol. The van der Waals surface area contributed by atoms with Crippen molar-refractivity contribution in [2.24, 2.45) is 0 Å². The van der Waals surface area contributed by atoms with E-state index in [1.807, 2.05) is 0 Å². The third kappa shape index (κ3) is 3.25. The Morgan fingerprint density at radius 1 is 1.67 bits per heavy atom. The van der Waals surface area contributed by atoms with Crippen molar-refractivity contribution in [1.82, 2.24) is 15.5 Å². The van der Waals surface area contributed by atoms with E-state index in [4.69, 9.17) is 4.52 Å². The first-order valence-electron chi connectivity index (χ1n) is 4.59. The number of nitrogens with one attached hydrogen (secondary N) is 1. The van der Waals surface area contributed by atoms with Crippen molar-refractivity contribution >= 4 is 23.2 Å². The monoisotopic (exact) mass is 251 g/mol. The van der Waals surface area contributed by atoms with Crippen LogP contribution in [0.3, 0.4) is 0 Å². The van der Waals surface area contributed by atoms with Gasteiger partial charge in [-0.25, -0.2) is 0 Å². The van der Waals surface area contributed by atoms with Gasteiger partial charge in [0, 0.05) is 23.6 Å². The maximum Gasteiger partial charge on any atom is 0.231 e. The van der Waals surface area contributed by atoms with Crippen LogP contribution in [0.2, 0.25) is 0 Å². The molecule has 86 valence electrons. The van der Waals surface area contributed by atoms with Crippen molar-refractivity contribution in [2.45, 2.75) is 18.1 Å². The van der Waals surface area contributed by atoms with Crippen molar-refractivity contribution in [3.8, 4) is 0 Å². The van der Waals surface area contributed by atoms with Crippen LogP contribution in [0.4, 0.5) is 0 Å². The van der Waals surface area contributed by atoms with Crippen LogP contribution in [0.15, 0.2) is 4.52 Å². The van der Waals surface area contributed by atoms with Crippen LogP contribution in [-0.2, 0) is 16.6 Å². The molecule has 5 nitrogen and oxygen atoms in total. The molecule has 1 aromatic rings. The highest BCUT2D eigenvalue weighted by Gasteiger charge is 2.22. The van der Waals surface area contributed by atoms with E-state index in [0.717, 1.165) is 19.5 Å². The molecule has 1 aliphatic rings. The summed E-state index contributed by atoms with van der Waals surface area (Å²) in [6.45, 7) is 1.90. The van der Waals surface area contributed by atoms with Crippen molar-refractivity contribution in [1.29, 1.82) is 0 Å². The van der Waals surface area contributed by atoms with E-state index in [-0.39, 0.29) is 12.4 Å². The minimum absolute atomic E-state index is 0. The first-order chi connectivity index (χ1) is 6.75. The van der Waals surface area contributed by atoms with Gasteiger partial charge in [-0.15, -0.1) is 12.4 Å². The molecule has 0 aliphatic carbocycles. The Hall–Kier alpha value is -0.460. The fourth-order valence-electron chi connectivity index (χ4n) is 1.54. The standard InChI is InChI=1S/C8H13N3O2S.ClH/c1-14(12)5-7-10-8(13-11-7)6-2-3-9-4-6;/h6,9H,2-5H2,1H3;1H. The predicted octanol–water partition coefficient (Wildman–Crippen LogP) is 0.447. The van der Waals surface area contributed by atoms with Crippen LogP contribution in [0.1, 0.15) is 24.1 Å². The summed E-state index contributed by atoms with van der Waals surface area (Å²) in [5, 5.41) is 7.03. The maximum absolute atomic E-state index is 10.9. The van der Waals surface area contributed by atoms with E-state index in [1.165, 1.54) is 0 Å². The smallest absolute Gasteiger partial charge is 0.231 e. The summed E-state index contributed by atoms with van der Waals surface area (Å²) >= 11 is 0. The van der Waals surface area contributed by atoms with Crippen LogP contribution in [0, 0.1) is 0 Å². The summed E-state index contributed by atoms with van der Waals surface area (Å²) in [5.74, 6) is 1.94. The first kappa shape index (κ1) is 12.6. The molecule has 2 atom stereocenters. The van der Waals surface area contributed by atoms with Gasteiger partial charge >= 0.3 is 0 Å². The Balaban J connectivity index is 0.00000112. The lowest BCUT2D eigenvalue weighted by atomic mass is 10.1. The Kier molecular flexibility index (Phi) is 4.69. The lowest BCUT2D eigenvalue weighted by molar-refractivity contribution is 0.355. The molecule has 0 aromatic carbocycles. The van der Waals surface area contributed by atoms with Gasteiger partial charge in [-0.2, -0.15) is 4.98 Å². The molecular formula is C8H14ClN3O2S. The molecule has 2 rings (SSSR count). The molecule has 1 saturated heterocycles. The molecule has 1 aliphatic heterocycles. The largest absolute Gasteiger partial charge is 0.339 e. The predicted molar refractivity (Wildman–Crippen MR) is 59.5 cm³/mol. The van der Waals surface area contributed by atoms with Crippen molar-refractivity contribution in [3.63, 3.8) is 0 Å². The van der Waals surface area contributed by atoms with Crippen LogP contribution in [-0.4, -0.2) is 33.7 Å². The number of halogens is 1. The molecule has 0 spiro atoms. The normalized spacial score (nSPS) is 22.3. The van der Waals surface area contributed by atoms with Crippen LogP contribution >= 0.6 is 12.4 Å². The molecule has 1 aromatic heterocycles. The first-order valence-corrected chi connectivity index (χ1v) is 6.31. The van der Waals surface area contributed by atoms with Gasteiger partial charge in [-0.1, -0.05) is 5.16 Å². The second kappa shape index (κ2) is 5.58. The minimum Gasteiger partial charge on any atom is -0.339 e. The van der Waals surface area contributed by atoms with Gasteiger partial charge in [0.2, 0.25) is 5.89 Å². The molecule has 0 bridgehead atoms. The fraction of sp³-hybridized carbons (Fsp3) is 0.750. The summed E-state index contributed by atoms with van der Waals surface area (Å²) in [5.41, 5.74) is 0. The lowest BCUT2D eigenvalue weighted by Gasteiger charge is -1.98. The third-order valence-electron chi connectivity index (χ3n) is 2.23. The number of aromatic nitrogens is 2. The van der Waals surface area contributed by atoms with E-state index in [9.17, 15) is 4.21 Å². The Bertz CT molecular complexity index is 338. The fourth-order valence-corrected chi connectivity index (χ4v) is 2.02. The van der Waals surface area contributed by atoms with Crippen molar-refractivity contribution in [3.05, 3.63) is 11.7 Å². The van der Waals surface area contributed by atoms with Gasteiger partial charge in [0.1, 0.15) is 0 Å². The molecule has 7 heteroatoms. The molecule has 1 N–H and O–H groups in total. The molecule has 0 saturated carbocycles. The highest BCUT2D eigenvalue weighted by molar-refractivity contribution is 7.83. The quantitative estimate of drug-likeness (QED) is 0.845. The second-order valence-corrected chi connectivity index (χ2v) is 4.89. The zero-order valence-electron chi connectivity index (χ0n) is 8.43. The van der Waals surface area contributed by atoms with E-state index in [0.29, 0.717) is 23.4 Å². The van der Waals surface area contributed by atoms with Gasteiger partial charge in [-0.3, -0.25) is 4.21 Å². The van der Waals surface area contributed by atoms with Gasteiger partial charge in [0.15, 0.2) is 5.82 Å². The number of rotatable bonds is 3. The summed E-state index contributed by atoms with van der Waals surface area (Å²) in [4.78, 5) is 4.22. The number of nitrogens with zero attached hydrogens (tertiary/aromatic N) is 2. The third-order valence-corrected chi connectivity index (χ3v) is 2.89. The molecule has 2 heterocycles. The zero-order chi connectivity index (χ0) is 9.97. The van der Waals surface area contributed by atoms with Gasteiger partial charge in [0.05, 0.1) is 11.7 Å².